The number of benzene rings is 1. The zero-order valence-corrected chi connectivity index (χ0v) is 10.8. The van der Waals surface area contributed by atoms with E-state index in [0.717, 1.165) is 10.9 Å². The lowest BCUT2D eigenvalue weighted by Crippen LogP contribution is -2.12. The number of hydrogen-bond donors (Lipinski definition) is 0. The second-order valence-corrected chi connectivity index (χ2v) is 4.65. The Morgan fingerprint density at radius 1 is 1.37 bits per heavy atom. The van der Waals surface area contributed by atoms with Gasteiger partial charge < -0.3 is 4.74 Å². The van der Waals surface area contributed by atoms with Crippen LogP contribution in [-0.4, -0.2) is 27.3 Å². The molecule has 0 bridgehead atoms. The van der Waals surface area contributed by atoms with Gasteiger partial charge in [-0.25, -0.2) is 9.78 Å². The predicted molar refractivity (Wildman–Crippen MR) is 72.1 cm³/mol. The Bertz CT molecular complexity index is 691. The average molecular weight is 273 g/mol. The van der Waals surface area contributed by atoms with Gasteiger partial charge in [0.15, 0.2) is 5.69 Å². The number of aromatic nitrogens is 3. The van der Waals surface area contributed by atoms with Gasteiger partial charge in [0.05, 0.1) is 23.8 Å². The molecule has 0 aliphatic carbocycles. The van der Waals surface area contributed by atoms with Crippen LogP contribution in [0.25, 0.3) is 10.9 Å². The summed E-state index contributed by atoms with van der Waals surface area (Å²) in [6.45, 7) is 0.811. The summed E-state index contributed by atoms with van der Waals surface area (Å²) < 4.78 is 6.98. The number of esters is 1. The van der Waals surface area contributed by atoms with E-state index >= 15 is 0 Å². The molecule has 1 aromatic carbocycles. The minimum absolute atomic E-state index is 0.280. The molecule has 0 saturated carbocycles. The number of nitrogens with zero attached hydrogens (tertiary/aromatic N) is 3. The number of thiazole rings is 1. The molecule has 0 N–H and O–H groups in total. The molecule has 6 heteroatoms. The molecule has 0 aliphatic rings. The van der Waals surface area contributed by atoms with Gasteiger partial charge in [0.1, 0.15) is 6.61 Å². The second kappa shape index (κ2) is 5.19. The molecule has 19 heavy (non-hydrogen) atoms. The third-order valence-corrected chi connectivity index (χ3v) is 3.32. The standard InChI is InChI=1S/C13H11N3O2S/c17-13(11-8-19-9-14-11)18-6-5-16-12-4-2-1-3-10(12)7-15-16/h1-4,7-9H,5-6H2. The summed E-state index contributed by atoms with van der Waals surface area (Å²) in [5, 5.41) is 7.02. The third-order valence-electron chi connectivity index (χ3n) is 2.73. The molecule has 0 atom stereocenters. The summed E-state index contributed by atoms with van der Waals surface area (Å²) in [6, 6.07) is 7.92. The van der Waals surface area contributed by atoms with Gasteiger partial charge in [-0.1, -0.05) is 18.2 Å². The normalized spacial score (nSPS) is 10.7. The molecular formula is C13H11N3O2S. The predicted octanol–water partition coefficient (Wildman–Crippen LogP) is 2.35. The van der Waals surface area contributed by atoms with Crippen LogP contribution < -0.4 is 0 Å². The van der Waals surface area contributed by atoms with Crippen molar-refractivity contribution in [3.63, 3.8) is 0 Å². The fourth-order valence-corrected chi connectivity index (χ4v) is 2.34. The lowest BCUT2D eigenvalue weighted by molar-refractivity contribution is 0.0483. The molecule has 3 rings (SSSR count). The van der Waals surface area contributed by atoms with E-state index in [0.29, 0.717) is 12.2 Å². The van der Waals surface area contributed by atoms with E-state index in [4.69, 9.17) is 4.74 Å². The number of fused-ring (bicyclic) bond motifs is 1. The zero-order chi connectivity index (χ0) is 13.1. The molecule has 5 nitrogen and oxygen atoms in total. The molecule has 0 amide bonds. The molecule has 0 unspecified atom stereocenters. The van der Waals surface area contributed by atoms with Gasteiger partial charge in [-0.2, -0.15) is 5.10 Å². The summed E-state index contributed by atoms with van der Waals surface area (Å²) in [5.74, 6) is -0.391. The highest BCUT2D eigenvalue weighted by Gasteiger charge is 2.09. The highest BCUT2D eigenvalue weighted by molar-refractivity contribution is 7.07. The van der Waals surface area contributed by atoms with Gasteiger partial charge in [0.25, 0.3) is 0 Å². The van der Waals surface area contributed by atoms with Crippen LogP contribution in [0.1, 0.15) is 10.5 Å². The number of para-hydroxylation sites is 1. The molecule has 2 aromatic heterocycles. The monoisotopic (exact) mass is 273 g/mol. The maximum Gasteiger partial charge on any atom is 0.357 e. The van der Waals surface area contributed by atoms with Crippen LogP contribution in [0.15, 0.2) is 41.4 Å². The van der Waals surface area contributed by atoms with E-state index in [-0.39, 0.29) is 6.61 Å². The molecule has 0 aliphatic heterocycles. The average Bonchev–Trinajstić information content (AvgIpc) is 3.08. The van der Waals surface area contributed by atoms with Gasteiger partial charge in [-0.05, 0) is 6.07 Å². The highest BCUT2D eigenvalue weighted by atomic mass is 32.1. The summed E-state index contributed by atoms with van der Waals surface area (Å²) in [6.07, 6.45) is 1.80. The number of hydrogen-bond acceptors (Lipinski definition) is 5. The van der Waals surface area contributed by atoms with E-state index in [1.54, 1.807) is 17.1 Å². The Balaban J connectivity index is 1.62. The number of ether oxygens (including phenoxy) is 1. The van der Waals surface area contributed by atoms with Crippen molar-refractivity contribution < 1.29 is 9.53 Å². The lowest BCUT2D eigenvalue weighted by atomic mass is 10.3. The van der Waals surface area contributed by atoms with Crippen molar-refractivity contribution in [1.82, 2.24) is 14.8 Å². The van der Waals surface area contributed by atoms with Crippen LogP contribution in [0.4, 0.5) is 0 Å². The van der Waals surface area contributed by atoms with E-state index in [1.807, 2.05) is 28.9 Å². The maximum atomic E-state index is 11.6. The van der Waals surface area contributed by atoms with Crippen LogP contribution in [-0.2, 0) is 11.3 Å². The zero-order valence-electron chi connectivity index (χ0n) is 10.0. The van der Waals surface area contributed by atoms with Crippen molar-refractivity contribution in [3.05, 3.63) is 47.0 Å². The van der Waals surface area contributed by atoms with Gasteiger partial charge in [-0.3, -0.25) is 4.68 Å². The van der Waals surface area contributed by atoms with Crippen LogP contribution >= 0.6 is 11.3 Å². The first kappa shape index (κ1) is 11.9. The first-order valence-corrected chi connectivity index (χ1v) is 6.75. The van der Waals surface area contributed by atoms with Crippen molar-refractivity contribution in [2.24, 2.45) is 0 Å². The van der Waals surface area contributed by atoms with Crippen molar-refractivity contribution >= 4 is 28.2 Å². The van der Waals surface area contributed by atoms with Crippen molar-refractivity contribution in [2.75, 3.05) is 6.61 Å². The first-order valence-electron chi connectivity index (χ1n) is 5.80. The number of carbonyl (C=O) groups is 1. The molecule has 0 saturated heterocycles. The Kier molecular flexibility index (Phi) is 3.24. The first-order chi connectivity index (χ1) is 9.34. The molecule has 0 spiro atoms. The van der Waals surface area contributed by atoms with E-state index < -0.39 is 5.97 Å². The second-order valence-electron chi connectivity index (χ2n) is 3.94. The Labute approximate surface area is 113 Å². The van der Waals surface area contributed by atoms with E-state index in [9.17, 15) is 4.79 Å². The Hall–Kier alpha value is -2.21. The highest BCUT2D eigenvalue weighted by Crippen LogP contribution is 2.12. The Morgan fingerprint density at radius 2 is 2.26 bits per heavy atom. The number of carbonyl (C=O) groups excluding carboxylic acids is 1. The van der Waals surface area contributed by atoms with Gasteiger partial charge >= 0.3 is 5.97 Å². The van der Waals surface area contributed by atoms with Crippen molar-refractivity contribution in [2.45, 2.75) is 6.54 Å². The smallest absolute Gasteiger partial charge is 0.357 e. The summed E-state index contributed by atoms with van der Waals surface area (Å²) in [7, 11) is 0. The largest absolute Gasteiger partial charge is 0.459 e. The van der Waals surface area contributed by atoms with Gasteiger partial charge in [0, 0.05) is 10.8 Å². The van der Waals surface area contributed by atoms with Gasteiger partial charge in [0.2, 0.25) is 0 Å². The molecule has 3 aromatic rings. The van der Waals surface area contributed by atoms with E-state index in [2.05, 4.69) is 10.1 Å². The summed E-state index contributed by atoms with van der Waals surface area (Å²) in [5.41, 5.74) is 3.00. The fourth-order valence-electron chi connectivity index (χ4n) is 1.82. The molecule has 2 heterocycles. The molecule has 96 valence electrons. The number of rotatable bonds is 4. The SMILES string of the molecule is O=C(OCCn1ncc2ccccc21)c1cscn1. The van der Waals surface area contributed by atoms with Crippen LogP contribution in [0.3, 0.4) is 0 Å². The fraction of sp³-hybridized carbons (Fsp3) is 0.154. The molecule has 0 fully saturated rings. The minimum atomic E-state index is -0.391. The van der Waals surface area contributed by atoms with Crippen LogP contribution in [0.5, 0.6) is 0 Å². The maximum absolute atomic E-state index is 11.6. The van der Waals surface area contributed by atoms with Gasteiger partial charge in [-0.15, -0.1) is 11.3 Å². The quantitative estimate of drug-likeness (QED) is 0.685. The molecule has 0 radical (unpaired) electrons. The Morgan fingerprint density at radius 3 is 3.11 bits per heavy atom. The molecular weight excluding hydrogens is 262 g/mol. The van der Waals surface area contributed by atoms with Crippen LogP contribution in [0.2, 0.25) is 0 Å². The van der Waals surface area contributed by atoms with Crippen LogP contribution in [0, 0.1) is 0 Å². The minimum Gasteiger partial charge on any atom is -0.459 e. The summed E-state index contributed by atoms with van der Waals surface area (Å²) >= 11 is 1.37. The topological polar surface area (TPSA) is 57.0 Å². The summed E-state index contributed by atoms with van der Waals surface area (Å²) in [4.78, 5) is 15.5. The lowest BCUT2D eigenvalue weighted by Gasteiger charge is -2.04. The third kappa shape index (κ3) is 2.48. The van der Waals surface area contributed by atoms with Crippen molar-refractivity contribution in [3.8, 4) is 0 Å². The van der Waals surface area contributed by atoms with E-state index in [1.165, 1.54) is 11.3 Å². The van der Waals surface area contributed by atoms with Crippen molar-refractivity contribution in [1.29, 1.82) is 0 Å².